The lowest BCUT2D eigenvalue weighted by atomic mass is 10.1. The molecular weight excluding hydrogens is 334 g/mol. The number of rotatable bonds is 3. The van der Waals surface area contributed by atoms with Crippen molar-refractivity contribution in [1.29, 1.82) is 0 Å². The van der Waals surface area contributed by atoms with E-state index in [2.05, 4.69) is 27.8 Å². The summed E-state index contributed by atoms with van der Waals surface area (Å²) in [7, 11) is 0. The third-order valence-corrected chi connectivity index (χ3v) is 5.25. The second kappa shape index (κ2) is 6.29. The number of nitrogens with one attached hydrogen (secondary N) is 2. The molecule has 0 aliphatic heterocycles. The Kier molecular flexibility index (Phi) is 3.97. The molecule has 0 unspecified atom stereocenters. The van der Waals surface area contributed by atoms with Gasteiger partial charge in [-0.2, -0.15) is 0 Å². The Balaban J connectivity index is 1.49. The first-order chi connectivity index (χ1) is 12.1. The van der Waals surface area contributed by atoms with Crippen LogP contribution >= 0.6 is 11.3 Å². The van der Waals surface area contributed by atoms with E-state index < -0.39 is 0 Å². The molecule has 1 aromatic heterocycles. The second-order valence-corrected chi connectivity index (χ2v) is 7.26. The molecule has 0 saturated carbocycles. The van der Waals surface area contributed by atoms with E-state index in [0.717, 1.165) is 23.1 Å². The summed E-state index contributed by atoms with van der Waals surface area (Å²) in [6, 6.07) is 13.9. The maximum Gasteiger partial charge on any atom is 0.251 e. The minimum atomic E-state index is -0.155. The number of amides is 2. The number of fused-ring (bicyclic) bond motifs is 2. The highest BCUT2D eigenvalue weighted by atomic mass is 32.1. The predicted octanol–water partition coefficient (Wildman–Crippen LogP) is 3.15. The Labute approximate surface area is 149 Å². The minimum absolute atomic E-state index is 0.0748. The van der Waals surface area contributed by atoms with Crippen LogP contribution in [0.5, 0.6) is 0 Å². The SMILES string of the molecule is CC(=O)Nc1nc2ccc(C(=O)NC3Cc4ccccc4C3)cc2s1. The van der Waals surface area contributed by atoms with E-state index in [-0.39, 0.29) is 17.9 Å². The van der Waals surface area contributed by atoms with Crippen LogP contribution < -0.4 is 10.6 Å². The molecule has 0 atom stereocenters. The number of carbonyl (C=O) groups excluding carboxylic acids is 2. The number of nitrogens with zero attached hydrogens (tertiary/aromatic N) is 1. The predicted molar refractivity (Wildman–Crippen MR) is 99.0 cm³/mol. The van der Waals surface area contributed by atoms with Crippen molar-refractivity contribution in [3.8, 4) is 0 Å². The number of hydrogen-bond donors (Lipinski definition) is 2. The third kappa shape index (κ3) is 3.25. The van der Waals surface area contributed by atoms with Crippen molar-refractivity contribution in [2.75, 3.05) is 5.32 Å². The van der Waals surface area contributed by atoms with Crippen LogP contribution in [-0.4, -0.2) is 22.8 Å². The number of carbonyl (C=O) groups is 2. The van der Waals surface area contributed by atoms with E-state index in [1.165, 1.54) is 29.4 Å². The van der Waals surface area contributed by atoms with Crippen LogP contribution in [0.1, 0.15) is 28.4 Å². The van der Waals surface area contributed by atoms with Gasteiger partial charge >= 0.3 is 0 Å². The van der Waals surface area contributed by atoms with Gasteiger partial charge in [0.15, 0.2) is 5.13 Å². The van der Waals surface area contributed by atoms with Gasteiger partial charge in [0, 0.05) is 18.5 Å². The number of aromatic nitrogens is 1. The summed E-state index contributed by atoms with van der Waals surface area (Å²) in [6.45, 7) is 1.45. The number of thiazole rings is 1. The Morgan fingerprint density at radius 1 is 1.12 bits per heavy atom. The quantitative estimate of drug-likeness (QED) is 0.761. The molecule has 5 nitrogen and oxygen atoms in total. The van der Waals surface area contributed by atoms with E-state index in [9.17, 15) is 9.59 Å². The topological polar surface area (TPSA) is 71.1 Å². The van der Waals surface area contributed by atoms with Crippen LogP contribution in [-0.2, 0) is 17.6 Å². The van der Waals surface area contributed by atoms with E-state index in [1.807, 2.05) is 24.3 Å². The highest BCUT2D eigenvalue weighted by Gasteiger charge is 2.23. The summed E-state index contributed by atoms with van der Waals surface area (Å²) in [5, 5.41) is 6.35. The van der Waals surface area contributed by atoms with Crippen LogP contribution in [0.2, 0.25) is 0 Å². The van der Waals surface area contributed by atoms with Gasteiger partial charge in [-0.1, -0.05) is 35.6 Å². The molecule has 2 amide bonds. The molecule has 0 fully saturated rings. The van der Waals surface area contributed by atoms with Crippen molar-refractivity contribution in [3.05, 3.63) is 59.2 Å². The lowest BCUT2D eigenvalue weighted by molar-refractivity contribution is -0.114. The van der Waals surface area contributed by atoms with Gasteiger partial charge in [-0.25, -0.2) is 4.98 Å². The molecule has 1 aliphatic carbocycles. The van der Waals surface area contributed by atoms with Gasteiger partial charge in [-0.3, -0.25) is 9.59 Å². The van der Waals surface area contributed by atoms with Crippen molar-refractivity contribution >= 4 is 38.5 Å². The zero-order valence-electron chi connectivity index (χ0n) is 13.7. The molecule has 0 saturated heterocycles. The highest BCUT2D eigenvalue weighted by molar-refractivity contribution is 7.22. The van der Waals surface area contributed by atoms with Crippen LogP contribution in [0.15, 0.2) is 42.5 Å². The highest BCUT2D eigenvalue weighted by Crippen LogP contribution is 2.27. The second-order valence-electron chi connectivity index (χ2n) is 6.23. The van der Waals surface area contributed by atoms with Gasteiger partial charge in [0.25, 0.3) is 5.91 Å². The molecule has 25 heavy (non-hydrogen) atoms. The molecule has 2 N–H and O–H groups in total. The Morgan fingerprint density at radius 2 is 1.84 bits per heavy atom. The van der Waals surface area contributed by atoms with Gasteiger partial charge < -0.3 is 10.6 Å². The number of benzene rings is 2. The van der Waals surface area contributed by atoms with Crippen molar-refractivity contribution in [2.45, 2.75) is 25.8 Å². The largest absolute Gasteiger partial charge is 0.349 e. The minimum Gasteiger partial charge on any atom is -0.349 e. The average molecular weight is 351 g/mol. The monoisotopic (exact) mass is 351 g/mol. The molecular formula is C19H17N3O2S. The van der Waals surface area contributed by atoms with Gasteiger partial charge in [-0.05, 0) is 42.2 Å². The Morgan fingerprint density at radius 3 is 2.52 bits per heavy atom. The lowest BCUT2D eigenvalue weighted by Gasteiger charge is -2.12. The zero-order chi connectivity index (χ0) is 17.4. The van der Waals surface area contributed by atoms with Gasteiger partial charge in [0.05, 0.1) is 10.2 Å². The maximum absolute atomic E-state index is 12.6. The van der Waals surface area contributed by atoms with Gasteiger partial charge in [-0.15, -0.1) is 0 Å². The Bertz CT molecular complexity index is 955. The molecule has 2 aromatic carbocycles. The molecule has 0 radical (unpaired) electrons. The van der Waals surface area contributed by atoms with E-state index >= 15 is 0 Å². The first-order valence-electron chi connectivity index (χ1n) is 8.14. The molecule has 1 heterocycles. The lowest BCUT2D eigenvalue weighted by Crippen LogP contribution is -2.35. The van der Waals surface area contributed by atoms with Crippen LogP contribution in [0.3, 0.4) is 0 Å². The third-order valence-electron chi connectivity index (χ3n) is 4.32. The average Bonchev–Trinajstić information content (AvgIpc) is 3.15. The molecule has 4 rings (SSSR count). The fraction of sp³-hybridized carbons (Fsp3) is 0.211. The summed E-state index contributed by atoms with van der Waals surface area (Å²) < 4.78 is 0.881. The van der Waals surface area contributed by atoms with Crippen molar-refractivity contribution < 1.29 is 9.59 Å². The standard InChI is InChI=1S/C19H17N3O2S/c1-11(23)20-19-22-16-7-6-14(10-17(16)25-19)18(24)21-15-8-12-4-2-3-5-13(12)9-15/h2-7,10,15H,8-9H2,1H3,(H,21,24)(H,20,22,23). The molecule has 0 spiro atoms. The van der Waals surface area contributed by atoms with Crippen LogP contribution in [0.4, 0.5) is 5.13 Å². The van der Waals surface area contributed by atoms with E-state index in [1.54, 1.807) is 6.07 Å². The van der Waals surface area contributed by atoms with Gasteiger partial charge in [0.2, 0.25) is 5.91 Å². The van der Waals surface area contributed by atoms with Crippen molar-refractivity contribution in [1.82, 2.24) is 10.3 Å². The molecule has 126 valence electrons. The summed E-state index contributed by atoms with van der Waals surface area (Å²) in [5.41, 5.74) is 4.01. The fourth-order valence-electron chi connectivity index (χ4n) is 3.20. The van der Waals surface area contributed by atoms with E-state index in [0.29, 0.717) is 10.7 Å². The smallest absolute Gasteiger partial charge is 0.251 e. The number of hydrogen-bond acceptors (Lipinski definition) is 4. The number of anilines is 1. The summed E-state index contributed by atoms with van der Waals surface area (Å²) >= 11 is 1.37. The maximum atomic E-state index is 12.6. The summed E-state index contributed by atoms with van der Waals surface area (Å²) in [4.78, 5) is 28.1. The molecule has 1 aliphatic rings. The van der Waals surface area contributed by atoms with Crippen LogP contribution in [0.25, 0.3) is 10.2 Å². The summed E-state index contributed by atoms with van der Waals surface area (Å²) in [5.74, 6) is -0.230. The van der Waals surface area contributed by atoms with Crippen molar-refractivity contribution in [3.63, 3.8) is 0 Å². The molecule has 3 aromatic rings. The molecule has 6 heteroatoms. The Hall–Kier alpha value is -2.73. The zero-order valence-corrected chi connectivity index (χ0v) is 14.5. The first kappa shape index (κ1) is 15.8. The van der Waals surface area contributed by atoms with E-state index in [4.69, 9.17) is 0 Å². The van der Waals surface area contributed by atoms with Gasteiger partial charge in [0.1, 0.15) is 0 Å². The molecule has 0 bridgehead atoms. The van der Waals surface area contributed by atoms with Crippen LogP contribution in [0, 0.1) is 0 Å². The van der Waals surface area contributed by atoms with Crippen molar-refractivity contribution in [2.24, 2.45) is 0 Å². The fourth-order valence-corrected chi connectivity index (χ4v) is 4.15. The summed E-state index contributed by atoms with van der Waals surface area (Å²) in [6.07, 6.45) is 1.74. The first-order valence-corrected chi connectivity index (χ1v) is 8.96. The normalized spacial score (nSPS) is 13.6.